The molecule has 0 radical (unpaired) electrons. The van der Waals surface area contributed by atoms with Crippen molar-refractivity contribution in [3.63, 3.8) is 0 Å². The number of hydrogen-bond acceptors (Lipinski definition) is 4. The zero-order valence-electron chi connectivity index (χ0n) is 9.40. The van der Waals surface area contributed by atoms with Crippen LogP contribution in [0.1, 0.15) is 13.8 Å². The molecule has 0 aliphatic carbocycles. The summed E-state index contributed by atoms with van der Waals surface area (Å²) in [6.07, 6.45) is 0. The molecule has 0 aromatic heterocycles. The molecule has 2 rings (SSSR count). The second-order valence-corrected chi connectivity index (χ2v) is 6.06. The molecule has 0 atom stereocenters. The van der Waals surface area contributed by atoms with Crippen molar-refractivity contribution in [3.8, 4) is 0 Å². The first-order valence-corrected chi connectivity index (χ1v) is 6.48. The molecule has 0 amide bonds. The van der Waals surface area contributed by atoms with Crippen LogP contribution in [0.4, 0.5) is 4.39 Å². The lowest BCUT2D eigenvalue weighted by atomic mass is 10.1. The summed E-state index contributed by atoms with van der Waals surface area (Å²) in [5.74, 6) is -0.818. The lowest BCUT2D eigenvalue weighted by Crippen LogP contribution is -2.23. The minimum Gasteiger partial charge on any atom is -0.262 e. The molecule has 92 valence electrons. The average Bonchev–Trinajstić information content (AvgIpc) is 2.56. The van der Waals surface area contributed by atoms with Gasteiger partial charge in [-0.15, -0.1) is 0 Å². The SMILES string of the molecule is CC1(C)ONC(S(=O)(=O)c2ccccc2)=C1F. The van der Waals surface area contributed by atoms with E-state index in [4.69, 9.17) is 4.84 Å². The smallest absolute Gasteiger partial charge is 0.226 e. The summed E-state index contributed by atoms with van der Waals surface area (Å²) in [5, 5.41) is -0.520. The standard InChI is InChI=1S/C11H12FNO3S/c1-11(2)9(12)10(13-16-11)17(14,15)8-6-4-3-5-7-8/h3-7,13H,1-2H3. The third-order valence-electron chi connectivity index (χ3n) is 2.45. The van der Waals surface area contributed by atoms with Gasteiger partial charge in [0.15, 0.2) is 10.9 Å². The van der Waals surface area contributed by atoms with E-state index >= 15 is 0 Å². The normalized spacial score (nSPS) is 19.2. The van der Waals surface area contributed by atoms with Crippen LogP contribution in [0, 0.1) is 0 Å². The lowest BCUT2D eigenvalue weighted by molar-refractivity contribution is -0.0271. The quantitative estimate of drug-likeness (QED) is 0.879. The van der Waals surface area contributed by atoms with Crippen LogP contribution < -0.4 is 5.48 Å². The zero-order valence-corrected chi connectivity index (χ0v) is 10.2. The van der Waals surface area contributed by atoms with Gasteiger partial charge in [-0.25, -0.2) is 12.8 Å². The van der Waals surface area contributed by atoms with Gasteiger partial charge in [0.2, 0.25) is 9.84 Å². The van der Waals surface area contributed by atoms with Gasteiger partial charge in [-0.2, -0.15) is 0 Å². The minimum atomic E-state index is -3.89. The first-order valence-electron chi connectivity index (χ1n) is 5.00. The Morgan fingerprint density at radius 1 is 1.24 bits per heavy atom. The van der Waals surface area contributed by atoms with Crippen molar-refractivity contribution in [1.82, 2.24) is 5.48 Å². The number of hydrogen-bond donors (Lipinski definition) is 1. The molecule has 0 fully saturated rings. The van der Waals surface area contributed by atoms with E-state index in [1.165, 1.54) is 26.0 Å². The Bertz CT molecular complexity index is 564. The van der Waals surface area contributed by atoms with E-state index in [0.29, 0.717) is 0 Å². The third-order valence-corrected chi connectivity index (χ3v) is 4.14. The van der Waals surface area contributed by atoms with Crippen molar-refractivity contribution in [3.05, 3.63) is 41.2 Å². The molecule has 0 saturated carbocycles. The second kappa shape index (κ2) is 3.82. The maximum Gasteiger partial charge on any atom is 0.226 e. The Morgan fingerprint density at radius 3 is 2.29 bits per heavy atom. The summed E-state index contributed by atoms with van der Waals surface area (Å²) in [4.78, 5) is 4.92. The van der Waals surface area contributed by atoms with Crippen molar-refractivity contribution < 1.29 is 17.6 Å². The van der Waals surface area contributed by atoms with Crippen molar-refractivity contribution in [2.75, 3.05) is 0 Å². The summed E-state index contributed by atoms with van der Waals surface area (Å²) < 4.78 is 38.0. The molecule has 6 heteroatoms. The van der Waals surface area contributed by atoms with Crippen LogP contribution in [0.25, 0.3) is 0 Å². The Hall–Kier alpha value is -1.40. The van der Waals surface area contributed by atoms with Gasteiger partial charge >= 0.3 is 0 Å². The Morgan fingerprint density at radius 2 is 1.82 bits per heavy atom. The fraction of sp³-hybridized carbons (Fsp3) is 0.273. The maximum absolute atomic E-state index is 13.9. The lowest BCUT2D eigenvalue weighted by Gasteiger charge is -2.12. The number of halogens is 1. The molecule has 1 aromatic rings. The largest absolute Gasteiger partial charge is 0.262 e. The monoisotopic (exact) mass is 257 g/mol. The number of rotatable bonds is 2. The summed E-state index contributed by atoms with van der Waals surface area (Å²) in [6, 6.07) is 7.65. The van der Waals surface area contributed by atoms with Gasteiger partial charge in [0.1, 0.15) is 5.60 Å². The fourth-order valence-corrected chi connectivity index (χ4v) is 2.81. The predicted octanol–water partition coefficient (Wildman–Crippen LogP) is 1.91. The van der Waals surface area contributed by atoms with Gasteiger partial charge in [0.25, 0.3) is 0 Å². The summed E-state index contributed by atoms with van der Waals surface area (Å²) in [6.45, 7) is 2.89. The van der Waals surface area contributed by atoms with E-state index < -0.39 is 26.3 Å². The molecule has 1 aliphatic heterocycles. The van der Waals surface area contributed by atoms with E-state index in [0.717, 1.165) is 0 Å². The number of nitrogens with one attached hydrogen (secondary N) is 1. The first-order chi connectivity index (χ1) is 7.86. The highest BCUT2D eigenvalue weighted by atomic mass is 32.2. The van der Waals surface area contributed by atoms with E-state index in [1.54, 1.807) is 18.2 Å². The summed E-state index contributed by atoms with van der Waals surface area (Å²) in [5.41, 5.74) is 0.885. The van der Waals surface area contributed by atoms with Crippen LogP contribution in [0.2, 0.25) is 0 Å². The highest BCUT2D eigenvalue weighted by molar-refractivity contribution is 7.95. The molecule has 0 saturated heterocycles. The molecule has 0 unspecified atom stereocenters. The van der Waals surface area contributed by atoms with Crippen LogP contribution in [0.5, 0.6) is 0 Å². The van der Waals surface area contributed by atoms with Crippen molar-refractivity contribution in [2.45, 2.75) is 24.3 Å². The van der Waals surface area contributed by atoms with Crippen molar-refractivity contribution >= 4 is 9.84 Å². The number of sulfone groups is 1. The van der Waals surface area contributed by atoms with Crippen molar-refractivity contribution in [2.24, 2.45) is 0 Å². The molecular formula is C11H12FNO3S. The Kier molecular flexibility index (Phi) is 2.71. The summed E-state index contributed by atoms with van der Waals surface area (Å²) in [7, 11) is -3.89. The van der Waals surface area contributed by atoms with E-state index in [9.17, 15) is 12.8 Å². The first kappa shape index (κ1) is 12.1. The Balaban J connectivity index is 2.53. The molecule has 1 aliphatic rings. The van der Waals surface area contributed by atoms with Gasteiger partial charge in [-0.1, -0.05) is 18.2 Å². The van der Waals surface area contributed by atoms with Crippen LogP contribution in [-0.2, 0) is 14.7 Å². The predicted molar refractivity (Wildman–Crippen MR) is 60.1 cm³/mol. The van der Waals surface area contributed by atoms with Gasteiger partial charge in [-0.3, -0.25) is 10.3 Å². The fourth-order valence-electron chi connectivity index (χ4n) is 1.43. The molecule has 4 nitrogen and oxygen atoms in total. The molecule has 1 aromatic carbocycles. The molecule has 0 bridgehead atoms. The topological polar surface area (TPSA) is 55.4 Å². The van der Waals surface area contributed by atoms with E-state index in [2.05, 4.69) is 5.48 Å². The highest BCUT2D eigenvalue weighted by Gasteiger charge is 2.41. The third kappa shape index (κ3) is 1.94. The van der Waals surface area contributed by atoms with Gasteiger partial charge in [-0.05, 0) is 26.0 Å². The highest BCUT2D eigenvalue weighted by Crippen LogP contribution is 2.33. The van der Waals surface area contributed by atoms with E-state index in [1.807, 2.05) is 0 Å². The van der Waals surface area contributed by atoms with Crippen LogP contribution in [0.15, 0.2) is 46.1 Å². The number of benzene rings is 1. The minimum absolute atomic E-state index is 0.0268. The molecular weight excluding hydrogens is 245 g/mol. The van der Waals surface area contributed by atoms with Crippen LogP contribution >= 0.6 is 0 Å². The summed E-state index contributed by atoms with van der Waals surface area (Å²) >= 11 is 0. The second-order valence-electron chi connectivity index (χ2n) is 4.17. The maximum atomic E-state index is 13.9. The molecule has 1 heterocycles. The van der Waals surface area contributed by atoms with Crippen LogP contribution in [-0.4, -0.2) is 14.0 Å². The average molecular weight is 257 g/mol. The van der Waals surface area contributed by atoms with Gasteiger partial charge < -0.3 is 0 Å². The molecule has 0 spiro atoms. The molecule has 1 N–H and O–H groups in total. The van der Waals surface area contributed by atoms with Crippen molar-refractivity contribution in [1.29, 1.82) is 0 Å². The van der Waals surface area contributed by atoms with Gasteiger partial charge in [0, 0.05) is 0 Å². The molecule has 17 heavy (non-hydrogen) atoms. The van der Waals surface area contributed by atoms with Crippen LogP contribution in [0.3, 0.4) is 0 Å². The van der Waals surface area contributed by atoms with Gasteiger partial charge in [0.05, 0.1) is 4.90 Å². The van der Waals surface area contributed by atoms with E-state index in [-0.39, 0.29) is 4.90 Å². The number of hydroxylamine groups is 1. The zero-order chi connectivity index (χ0) is 12.7. The Labute approximate surface area is 99.0 Å².